The number of rotatable bonds is 2. The van der Waals surface area contributed by atoms with Crippen LogP contribution in [0.2, 0.25) is 0 Å². The molecule has 4 heteroatoms. The maximum atomic E-state index is 5.25. The summed E-state index contributed by atoms with van der Waals surface area (Å²) in [6, 6.07) is 2.01. The highest BCUT2D eigenvalue weighted by Crippen LogP contribution is 2.19. The van der Waals surface area contributed by atoms with Crippen LogP contribution in [0.4, 0.5) is 0 Å². The van der Waals surface area contributed by atoms with Gasteiger partial charge < -0.3 is 9.84 Å². The number of nitrogens with one attached hydrogen (secondary N) is 1. The van der Waals surface area contributed by atoms with Crippen LogP contribution in [0.15, 0.2) is 10.6 Å². The molecule has 15 heavy (non-hydrogen) atoms. The Bertz CT molecular complexity index is 332. The molecule has 1 aromatic heterocycles. The van der Waals surface area contributed by atoms with Gasteiger partial charge in [0.1, 0.15) is 0 Å². The number of nitrogens with zero attached hydrogens (tertiary/aromatic N) is 2. The third-order valence-corrected chi connectivity index (χ3v) is 3.00. The van der Waals surface area contributed by atoms with Crippen molar-refractivity contribution in [2.24, 2.45) is 0 Å². The van der Waals surface area contributed by atoms with Crippen molar-refractivity contribution < 1.29 is 4.52 Å². The van der Waals surface area contributed by atoms with Crippen LogP contribution in [0.3, 0.4) is 0 Å². The van der Waals surface area contributed by atoms with Gasteiger partial charge in [0.2, 0.25) is 0 Å². The topological polar surface area (TPSA) is 41.3 Å². The molecule has 0 bridgehead atoms. The van der Waals surface area contributed by atoms with E-state index in [4.69, 9.17) is 4.52 Å². The van der Waals surface area contributed by atoms with E-state index in [0.717, 1.165) is 37.6 Å². The Hall–Kier alpha value is -0.870. The molecule has 0 saturated carbocycles. The van der Waals surface area contributed by atoms with Crippen molar-refractivity contribution >= 4 is 0 Å². The summed E-state index contributed by atoms with van der Waals surface area (Å²) in [7, 11) is 0. The molecule has 0 amide bonds. The largest absolute Gasteiger partial charge is 0.360 e. The molecule has 0 aromatic carbocycles. The summed E-state index contributed by atoms with van der Waals surface area (Å²) < 4.78 is 5.25. The Morgan fingerprint density at radius 2 is 2.40 bits per heavy atom. The molecule has 0 spiro atoms. The summed E-state index contributed by atoms with van der Waals surface area (Å²) in [5.74, 6) is 0.961. The molecule has 84 valence electrons. The summed E-state index contributed by atoms with van der Waals surface area (Å²) in [6.07, 6.45) is 0. The van der Waals surface area contributed by atoms with Crippen LogP contribution in [-0.4, -0.2) is 35.2 Å². The van der Waals surface area contributed by atoms with Crippen molar-refractivity contribution in [3.05, 3.63) is 17.5 Å². The van der Waals surface area contributed by atoms with E-state index in [1.165, 1.54) is 0 Å². The van der Waals surface area contributed by atoms with Crippen molar-refractivity contribution in [1.82, 2.24) is 15.4 Å². The Morgan fingerprint density at radius 1 is 1.60 bits per heavy atom. The first-order valence-electron chi connectivity index (χ1n) is 5.46. The van der Waals surface area contributed by atoms with Gasteiger partial charge in [0, 0.05) is 31.2 Å². The monoisotopic (exact) mass is 209 g/mol. The zero-order chi connectivity index (χ0) is 10.9. The summed E-state index contributed by atoms with van der Waals surface area (Å²) in [6.45, 7) is 10.5. The van der Waals surface area contributed by atoms with Crippen LogP contribution in [0.5, 0.6) is 0 Å². The van der Waals surface area contributed by atoms with Crippen LogP contribution in [-0.2, 0) is 6.54 Å². The minimum Gasteiger partial charge on any atom is -0.360 e. The second kappa shape index (κ2) is 3.94. The SMILES string of the molecule is Cc1cc(CN2CCNCC2(C)C)on1. The lowest BCUT2D eigenvalue weighted by molar-refractivity contribution is 0.0730. The fraction of sp³-hybridized carbons (Fsp3) is 0.727. The Morgan fingerprint density at radius 3 is 3.00 bits per heavy atom. The van der Waals surface area contributed by atoms with Crippen molar-refractivity contribution in [3.8, 4) is 0 Å². The van der Waals surface area contributed by atoms with E-state index in [1.54, 1.807) is 0 Å². The molecular weight excluding hydrogens is 190 g/mol. The molecule has 1 saturated heterocycles. The molecule has 4 nitrogen and oxygen atoms in total. The van der Waals surface area contributed by atoms with E-state index in [-0.39, 0.29) is 5.54 Å². The van der Waals surface area contributed by atoms with Crippen LogP contribution >= 0.6 is 0 Å². The second-order valence-electron chi connectivity index (χ2n) is 4.85. The summed E-state index contributed by atoms with van der Waals surface area (Å²) in [4.78, 5) is 2.43. The maximum absolute atomic E-state index is 5.25. The van der Waals surface area contributed by atoms with E-state index in [1.807, 2.05) is 13.0 Å². The van der Waals surface area contributed by atoms with Gasteiger partial charge in [0.25, 0.3) is 0 Å². The standard InChI is InChI=1S/C11H19N3O/c1-9-6-10(15-13-9)7-14-5-4-12-8-11(14,2)3/h6,12H,4-5,7-8H2,1-3H3. The lowest BCUT2D eigenvalue weighted by Crippen LogP contribution is -2.57. The fourth-order valence-electron chi connectivity index (χ4n) is 1.99. The van der Waals surface area contributed by atoms with Crippen LogP contribution in [0.1, 0.15) is 25.3 Å². The number of hydrogen-bond acceptors (Lipinski definition) is 4. The lowest BCUT2D eigenvalue weighted by atomic mass is 10.00. The van der Waals surface area contributed by atoms with E-state index in [0.29, 0.717) is 0 Å². The van der Waals surface area contributed by atoms with Crippen molar-refractivity contribution in [2.45, 2.75) is 32.9 Å². The van der Waals surface area contributed by atoms with Crippen molar-refractivity contribution in [2.75, 3.05) is 19.6 Å². The molecule has 0 radical (unpaired) electrons. The maximum Gasteiger partial charge on any atom is 0.150 e. The van der Waals surface area contributed by atoms with Gasteiger partial charge in [-0.05, 0) is 20.8 Å². The minimum atomic E-state index is 0.193. The molecule has 2 heterocycles. The molecule has 0 atom stereocenters. The first-order valence-corrected chi connectivity index (χ1v) is 5.46. The van der Waals surface area contributed by atoms with Gasteiger partial charge in [-0.25, -0.2) is 0 Å². The van der Waals surface area contributed by atoms with Crippen molar-refractivity contribution in [3.63, 3.8) is 0 Å². The zero-order valence-electron chi connectivity index (χ0n) is 9.71. The van der Waals surface area contributed by atoms with Gasteiger partial charge >= 0.3 is 0 Å². The average Bonchev–Trinajstić information content (AvgIpc) is 2.55. The van der Waals surface area contributed by atoms with Gasteiger partial charge in [-0.2, -0.15) is 0 Å². The first-order chi connectivity index (χ1) is 7.08. The van der Waals surface area contributed by atoms with Gasteiger partial charge in [0.05, 0.1) is 12.2 Å². The molecule has 1 aliphatic rings. The predicted octanol–water partition coefficient (Wildman–Crippen LogP) is 1.17. The highest BCUT2D eigenvalue weighted by molar-refractivity contribution is 5.04. The van der Waals surface area contributed by atoms with E-state index < -0.39 is 0 Å². The fourth-order valence-corrected chi connectivity index (χ4v) is 1.99. The summed E-state index contributed by atoms with van der Waals surface area (Å²) in [5, 5.41) is 7.32. The molecule has 1 aliphatic heterocycles. The first kappa shape index (κ1) is 10.6. The Kier molecular flexibility index (Phi) is 2.80. The number of piperazine rings is 1. The van der Waals surface area contributed by atoms with Crippen LogP contribution in [0, 0.1) is 6.92 Å². The Labute approximate surface area is 90.6 Å². The highest BCUT2D eigenvalue weighted by Gasteiger charge is 2.30. The predicted molar refractivity (Wildman–Crippen MR) is 58.6 cm³/mol. The van der Waals surface area contributed by atoms with Gasteiger partial charge in [-0.1, -0.05) is 5.16 Å². The molecule has 0 unspecified atom stereocenters. The average molecular weight is 209 g/mol. The molecule has 1 fully saturated rings. The minimum absolute atomic E-state index is 0.193. The molecule has 1 N–H and O–H groups in total. The lowest BCUT2D eigenvalue weighted by Gasteiger charge is -2.42. The van der Waals surface area contributed by atoms with E-state index in [9.17, 15) is 0 Å². The van der Waals surface area contributed by atoms with E-state index >= 15 is 0 Å². The van der Waals surface area contributed by atoms with E-state index in [2.05, 4.69) is 29.2 Å². The summed E-state index contributed by atoms with van der Waals surface area (Å²) >= 11 is 0. The smallest absolute Gasteiger partial charge is 0.150 e. The quantitative estimate of drug-likeness (QED) is 0.793. The number of aromatic nitrogens is 1. The third-order valence-electron chi connectivity index (χ3n) is 3.00. The van der Waals surface area contributed by atoms with Gasteiger partial charge in [-0.15, -0.1) is 0 Å². The van der Waals surface area contributed by atoms with Crippen molar-refractivity contribution in [1.29, 1.82) is 0 Å². The third kappa shape index (κ3) is 2.38. The van der Waals surface area contributed by atoms with Crippen LogP contribution in [0.25, 0.3) is 0 Å². The van der Waals surface area contributed by atoms with Gasteiger partial charge in [-0.3, -0.25) is 4.90 Å². The molecule has 2 rings (SSSR count). The normalized spacial score (nSPS) is 21.8. The molecule has 0 aliphatic carbocycles. The zero-order valence-corrected chi connectivity index (χ0v) is 9.71. The number of hydrogen-bond donors (Lipinski definition) is 1. The Balaban J connectivity index is 2.04. The summed E-state index contributed by atoms with van der Waals surface area (Å²) in [5.41, 5.74) is 1.15. The highest BCUT2D eigenvalue weighted by atomic mass is 16.5. The molecule has 1 aromatic rings. The van der Waals surface area contributed by atoms with Gasteiger partial charge in [0.15, 0.2) is 5.76 Å². The second-order valence-corrected chi connectivity index (χ2v) is 4.85. The molecular formula is C11H19N3O. The van der Waals surface area contributed by atoms with Crippen LogP contribution < -0.4 is 5.32 Å². The number of aryl methyl sites for hydroxylation is 1.